The lowest BCUT2D eigenvalue weighted by Crippen LogP contribution is -2.49. The summed E-state index contributed by atoms with van der Waals surface area (Å²) in [5.41, 5.74) is 4.55. The van der Waals surface area contributed by atoms with Gasteiger partial charge in [0, 0.05) is 12.1 Å². The first-order valence-electron chi connectivity index (χ1n) is 5.51. The zero-order valence-corrected chi connectivity index (χ0v) is 10.7. The maximum Gasteiger partial charge on any atom is 0.401 e. The molecule has 17 heavy (non-hydrogen) atoms. The van der Waals surface area contributed by atoms with E-state index in [1.54, 1.807) is 20.8 Å². The predicted octanol–water partition coefficient (Wildman–Crippen LogP) is 2.28. The Morgan fingerprint density at radius 3 is 2.06 bits per heavy atom. The Kier molecular flexibility index (Phi) is 5.43. The number of halogens is 3. The Hall–Kier alpha value is -0.800. The predicted molar refractivity (Wildman–Crippen MR) is 60.2 cm³/mol. The van der Waals surface area contributed by atoms with Crippen LogP contribution < -0.4 is 5.73 Å². The Balaban J connectivity index is 4.69. The van der Waals surface area contributed by atoms with E-state index in [1.165, 1.54) is 11.8 Å². The van der Waals surface area contributed by atoms with Crippen LogP contribution in [-0.4, -0.2) is 35.2 Å². The van der Waals surface area contributed by atoms with Gasteiger partial charge in [0.15, 0.2) is 0 Å². The number of hydrogen-bond donors (Lipinski definition) is 1. The van der Waals surface area contributed by atoms with E-state index in [1.807, 2.05) is 6.07 Å². The molecule has 3 nitrogen and oxygen atoms in total. The highest BCUT2D eigenvalue weighted by Gasteiger charge is 2.35. The average Bonchev–Trinajstić information content (AvgIpc) is 2.11. The smallest absolute Gasteiger partial charge is 0.314 e. The van der Waals surface area contributed by atoms with E-state index < -0.39 is 24.3 Å². The molecule has 2 N–H and O–H groups in total. The third kappa shape index (κ3) is 6.49. The van der Waals surface area contributed by atoms with Gasteiger partial charge < -0.3 is 5.73 Å². The molecule has 0 aliphatic carbocycles. The third-order valence-electron chi connectivity index (χ3n) is 2.57. The quantitative estimate of drug-likeness (QED) is 0.815. The molecule has 0 aromatic rings. The Labute approximate surface area is 100 Å². The van der Waals surface area contributed by atoms with E-state index in [4.69, 9.17) is 11.0 Å². The van der Waals surface area contributed by atoms with Gasteiger partial charge in [-0.3, -0.25) is 4.90 Å². The first-order valence-corrected chi connectivity index (χ1v) is 5.51. The van der Waals surface area contributed by atoms with Crippen molar-refractivity contribution in [3.8, 4) is 6.07 Å². The van der Waals surface area contributed by atoms with E-state index >= 15 is 0 Å². The average molecular weight is 251 g/mol. The monoisotopic (exact) mass is 251 g/mol. The maximum absolute atomic E-state index is 12.4. The maximum atomic E-state index is 12.4. The van der Waals surface area contributed by atoms with Gasteiger partial charge >= 0.3 is 6.18 Å². The van der Waals surface area contributed by atoms with Gasteiger partial charge in [-0.05, 0) is 34.1 Å². The molecule has 2 atom stereocenters. The van der Waals surface area contributed by atoms with Crippen LogP contribution in [0.4, 0.5) is 13.2 Å². The molecule has 0 heterocycles. The molecule has 0 aromatic carbocycles. The van der Waals surface area contributed by atoms with Crippen molar-refractivity contribution in [3.05, 3.63) is 0 Å². The van der Waals surface area contributed by atoms with E-state index in [2.05, 4.69) is 0 Å². The zero-order chi connectivity index (χ0) is 13.9. The molecule has 0 amide bonds. The van der Waals surface area contributed by atoms with Crippen LogP contribution in [0.2, 0.25) is 0 Å². The van der Waals surface area contributed by atoms with Gasteiger partial charge in [0.2, 0.25) is 0 Å². The van der Waals surface area contributed by atoms with Gasteiger partial charge in [0.1, 0.15) is 5.54 Å². The summed E-state index contributed by atoms with van der Waals surface area (Å²) in [4.78, 5) is 1.31. The standard InChI is InChI=1S/C11H20F3N3/c1-8(2)17(7-11(12,13)14)9(3)5-10(4,16)6-15/h8-9H,5,7,16H2,1-4H3. The summed E-state index contributed by atoms with van der Waals surface area (Å²) in [6, 6.07) is 1.25. The summed E-state index contributed by atoms with van der Waals surface area (Å²) in [6.45, 7) is 5.60. The summed E-state index contributed by atoms with van der Waals surface area (Å²) < 4.78 is 37.2. The topological polar surface area (TPSA) is 53.0 Å². The molecule has 2 unspecified atom stereocenters. The fourth-order valence-corrected chi connectivity index (χ4v) is 1.83. The molecule has 100 valence electrons. The van der Waals surface area contributed by atoms with E-state index in [0.717, 1.165) is 0 Å². The van der Waals surface area contributed by atoms with Crippen LogP contribution in [0.25, 0.3) is 0 Å². The highest BCUT2D eigenvalue weighted by molar-refractivity contribution is 5.03. The highest BCUT2D eigenvalue weighted by Crippen LogP contribution is 2.22. The summed E-state index contributed by atoms with van der Waals surface area (Å²) in [5, 5.41) is 8.78. The molecular formula is C11H20F3N3. The molecule has 0 rings (SSSR count). The number of rotatable bonds is 5. The van der Waals surface area contributed by atoms with Crippen LogP contribution in [0.3, 0.4) is 0 Å². The van der Waals surface area contributed by atoms with Gasteiger partial charge in [-0.25, -0.2) is 0 Å². The van der Waals surface area contributed by atoms with Gasteiger partial charge in [-0.2, -0.15) is 18.4 Å². The van der Waals surface area contributed by atoms with Crippen LogP contribution >= 0.6 is 0 Å². The molecular weight excluding hydrogens is 231 g/mol. The minimum absolute atomic E-state index is 0.206. The molecule has 0 bridgehead atoms. The fraction of sp³-hybridized carbons (Fsp3) is 0.909. The van der Waals surface area contributed by atoms with Crippen LogP contribution in [-0.2, 0) is 0 Å². The molecule has 0 radical (unpaired) electrons. The van der Waals surface area contributed by atoms with Crippen LogP contribution in [0.5, 0.6) is 0 Å². The van der Waals surface area contributed by atoms with Crippen molar-refractivity contribution in [2.75, 3.05) is 6.54 Å². The zero-order valence-electron chi connectivity index (χ0n) is 10.7. The summed E-state index contributed by atoms with van der Waals surface area (Å²) in [5.74, 6) is 0. The van der Waals surface area contributed by atoms with Crippen molar-refractivity contribution >= 4 is 0 Å². The van der Waals surface area contributed by atoms with Crippen LogP contribution in [0, 0.1) is 11.3 Å². The molecule has 0 aromatic heterocycles. The summed E-state index contributed by atoms with van der Waals surface area (Å²) in [7, 11) is 0. The van der Waals surface area contributed by atoms with E-state index in [0.29, 0.717) is 0 Å². The lowest BCUT2D eigenvalue weighted by molar-refractivity contribution is -0.155. The Bertz CT molecular complexity index is 279. The van der Waals surface area contributed by atoms with Gasteiger partial charge in [-0.1, -0.05) is 0 Å². The van der Waals surface area contributed by atoms with E-state index in [9.17, 15) is 13.2 Å². The molecule has 0 aliphatic rings. The molecule has 0 aliphatic heterocycles. The fourth-order valence-electron chi connectivity index (χ4n) is 1.83. The van der Waals surface area contributed by atoms with Crippen LogP contribution in [0.1, 0.15) is 34.1 Å². The van der Waals surface area contributed by atoms with Crippen molar-refractivity contribution in [1.82, 2.24) is 4.90 Å². The molecule has 0 spiro atoms. The molecule has 0 saturated carbocycles. The number of hydrogen-bond acceptors (Lipinski definition) is 3. The minimum Gasteiger partial charge on any atom is -0.314 e. The Morgan fingerprint density at radius 2 is 1.76 bits per heavy atom. The number of alkyl halides is 3. The second-order valence-electron chi connectivity index (χ2n) is 4.96. The number of nitrogens with zero attached hydrogens (tertiary/aromatic N) is 2. The summed E-state index contributed by atoms with van der Waals surface area (Å²) >= 11 is 0. The van der Waals surface area contributed by atoms with Crippen molar-refractivity contribution in [2.45, 2.75) is 57.9 Å². The van der Waals surface area contributed by atoms with Crippen molar-refractivity contribution in [3.63, 3.8) is 0 Å². The number of nitrogens with two attached hydrogens (primary N) is 1. The SMILES string of the molecule is CC(C)N(CC(F)(F)F)C(C)CC(C)(N)C#N. The lowest BCUT2D eigenvalue weighted by atomic mass is 9.95. The highest BCUT2D eigenvalue weighted by atomic mass is 19.4. The molecule has 6 heteroatoms. The van der Waals surface area contributed by atoms with Crippen molar-refractivity contribution in [2.24, 2.45) is 5.73 Å². The molecule has 0 fully saturated rings. The first-order chi connectivity index (χ1) is 7.48. The normalized spacial score (nSPS) is 17.9. The number of nitriles is 1. The van der Waals surface area contributed by atoms with Crippen molar-refractivity contribution < 1.29 is 13.2 Å². The summed E-state index contributed by atoms with van der Waals surface area (Å²) in [6.07, 6.45) is -4.03. The largest absolute Gasteiger partial charge is 0.401 e. The van der Waals surface area contributed by atoms with Gasteiger partial charge in [0.05, 0.1) is 12.6 Å². The van der Waals surface area contributed by atoms with Gasteiger partial charge in [-0.15, -0.1) is 0 Å². The van der Waals surface area contributed by atoms with Crippen molar-refractivity contribution in [1.29, 1.82) is 5.26 Å². The second-order valence-corrected chi connectivity index (χ2v) is 4.96. The first kappa shape index (κ1) is 16.2. The Morgan fingerprint density at radius 1 is 1.29 bits per heavy atom. The third-order valence-corrected chi connectivity index (χ3v) is 2.57. The lowest BCUT2D eigenvalue weighted by Gasteiger charge is -2.35. The second kappa shape index (κ2) is 5.69. The van der Waals surface area contributed by atoms with Crippen LogP contribution in [0.15, 0.2) is 0 Å². The minimum atomic E-state index is -4.24. The molecule has 0 saturated heterocycles. The van der Waals surface area contributed by atoms with Gasteiger partial charge in [0.25, 0.3) is 0 Å². The van der Waals surface area contributed by atoms with E-state index in [-0.39, 0.29) is 12.5 Å².